The number of ether oxygens (including phenoxy) is 2. The molecule has 0 saturated carbocycles. The van der Waals surface area contributed by atoms with Crippen LogP contribution >= 0.6 is 12.4 Å². The van der Waals surface area contributed by atoms with E-state index in [9.17, 15) is 9.50 Å². The van der Waals surface area contributed by atoms with Gasteiger partial charge in [-0.05, 0) is 30.2 Å². The Labute approximate surface area is 166 Å². The van der Waals surface area contributed by atoms with Gasteiger partial charge in [-0.2, -0.15) is 0 Å². The highest BCUT2D eigenvalue weighted by Gasteiger charge is 2.23. The Morgan fingerprint density at radius 3 is 2.78 bits per heavy atom. The van der Waals surface area contributed by atoms with Gasteiger partial charge in [0.15, 0.2) is 0 Å². The largest absolute Gasteiger partial charge is 0.389 e. The molecule has 1 aliphatic heterocycles. The van der Waals surface area contributed by atoms with Gasteiger partial charge in [-0.1, -0.05) is 42.0 Å². The molecule has 0 radical (unpaired) electrons. The minimum absolute atomic E-state index is 0. The molecule has 1 fully saturated rings. The van der Waals surface area contributed by atoms with Crippen LogP contribution in [0.2, 0.25) is 0 Å². The zero-order valence-electron chi connectivity index (χ0n) is 15.5. The van der Waals surface area contributed by atoms with Crippen molar-refractivity contribution in [3.63, 3.8) is 0 Å². The van der Waals surface area contributed by atoms with Crippen molar-refractivity contribution in [1.29, 1.82) is 0 Å². The van der Waals surface area contributed by atoms with Crippen LogP contribution in [0.15, 0.2) is 48.5 Å². The third kappa shape index (κ3) is 6.87. The first-order valence-electron chi connectivity index (χ1n) is 9.01. The van der Waals surface area contributed by atoms with Crippen LogP contribution in [0.4, 0.5) is 4.39 Å². The molecule has 1 saturated heterocycles. The van der Waals surface area contributed by atoms with Crippen molar-refractivity contribution >= 4 is 12.4 Å². The fourth-order valence-corrected chi connectivity index (χ4v) is 3.12. The summed E-state index contributed by atoms with van der Waals surface area (Å²) in [4.78, 5) is 2.14. The predicted molar refractivity (Wildman–Crippen MR) is 106 cm³/mol. The second-order valence-corrected chi connectivity index (χ2v) is 6.83. The highest BCUT2D eigenvalue weighted by Crippen LogP contribution is 2.22. The molecule has 0 aromatic heterocycles. The molecular weight excluding hydrogens is 369 g/mol. The number of hydrogen-bond acceptors (Lipinski definition) is 4. The molecule has 0 aliphatic carbocycles. The van der Waals surface area contributed by atoms with Gasteiger partial charge in [-0.15, -0.1) is 12.4 Å². The first-order valence-corrected chi connectivity index (χ1v) is 9.01. The lowest BCUT2D eigenvalue weighted by atomic mass is 10.1. The van der Waals surface area contributed by atoms with Crippen molar-refractivity contribution in [2.75, 3.05) is 32.8 Å². The van der Waals surface area contributed by atoms with E-state index in [-0.39, 0.29) is 30.9 Å². The molecule has 27 heavy (non-hydrogen) atoms. The number of aliphatic hydroxyl groups is 1. The summed E-state index contributed by atoms with van der Waals surface area (Å²) in [6.45, 7) is 5.30. The van der Waals surface area contributed by atoms with Gasteiger partial charge in [0.25, 0.3) is 0 Å². The van der Waals surface area contributed by atoms with E-state index in [1.165, 1.54) is 17.7 Å². The van der Waals surface area contributed by atoms with Crippen molar-refractivity contribution in [1.82, 2.24) is 4.90 Å². The third-order valence-corrected chi connectivity index (χ3v) is 4.54. The number of rotatable bonds is 7. The van der Waals surface area contributed by atoms with Gasteiger partial charge < -0.3 is 14.6 Å². The van der Waals surface area contributed by atoms with Crippen LogP contribution in [-0.4, -0.2) is 49.0 Å². The van der Waals surface area contributed by atoms with E-state index in [1.54, 1.807) is 6.07 Å². The van der Waals surface area contributed by atoms with Crippen molar-refractivity contribution < 1.29 is 19.0 Å². The molecule has 1 N–H and O–H groups in total. The van der Waals surface area contributed by atoms with Crippen LogP contribution in [0, 0.1) is 12.7 Å². The highest BCUT2D eigenvalue weighted by atomic mass is 35.5. The monoisotopic (exact) mass is 395 g/mol. The van der Waals surface area contributed by atoms with E-state index in [2.05, 4.69) is 17.0 Å². The van der Waals surface area contributed by atoms with Gasteiger partial charge in [0.1, 0.15) is 5.82 Å². The Hall–Kier alpha value is -1.50. The number of halogens is 2. The molecule has 3 rings (SSSR count). The molecule has 2 atom stereocenters. The Morgan fingerprint density at radius 1 is 1.26 bits per heavy atom. The zero-order valence-corrected chi connectivity index (χ0v) is 16.3. The van der Waals surface area contributed by atoms with Gasteiger partial charge in [0.05, 0.1) is 32.0 Å². The molecule has 2 aromatic rings. The highest BCUT2D eigenvalue weighted by molar-refractivity contribution is 5.85. The molecule has 148 valence electrons. The van der Waals surface area contributed by atoms with Crippen LogP contribution in [0.25, 0.3) is 0 Å². The summed E-state index contributed by atoms with van der Waals surface area (Å²) in [6.07, 6.45) is -0.730. The van der Waals surface area contributed by atoms with Crippen LogP contribution < -0.4 is 0 Å². The average Bonchev–Trinajstić information content (AvgIpc) is 2.64. The Balaban J connectivity index is 0.00000261. The number of morpholine rings is 1. The topological polar surface area (TPSA) is 41.9 Å². The number of aryl methyl sites for hydroxylation is 1. The number of nitrogens with zero attached hydrogens (tertiary/aromatic N) is 1. The summed E-state index contributed by atoms with van der Waals surface area (Å²) in [6, 6.07) is 14.7. The first-order chi connectivity index (χ1) is 12.6. The molecule has 0 bridgehead atoms. The minimum atomic E-state index is -0.563. The number of aliphatic hydroxyl groups excluding tert-OH is 1. The first kappa shape index (κ1) is 21.8. The maximum absolute atomic E-state index is 13.4. The van der Waals surface area contributed by atoms with Crippen molar-refractivity contribution in [2.45, 2.75) is 25.7 Å². The smallest absolute Gasteiger partial charge is 0.123 e. The lowest BCUT2D eigenvalue weighted by Crippen LogP contribution is -2.43. The maximum atomic E-state index is 13.4. The average molecular weight is 396 g/mol. The summed E-state index contributed by atoms with van der Waals surface area (Å²) in [5, 5.41) is 10.3. The summed E-state index contributed by atoms with van der Waals surface area (Å²) in [5.41, 5.74) is 3.15. The van der Waals surface area contributed by atoms with Gasteiger partial charge in [-0.25, -0.2) is 4.39 Å². The summed E-state index contributed by atoms with van der Waals surface area (Å²) in [7, 11) is 0. The number of hydrogen-bond donors (Lipinski definition) is 1. The van der Waals surface area contributed by atoms with Crippen molar-refractivity contribution in [2.24, 2.45) is 0 Å². The van der Waals surface area contributed by atoms with Crippen LogP contribution in [0.3, 0.4) is 0 Å². The number of β-amino-alcohol motifs (C(OH)–C–C–N with tert-alkyl or cyclic N) is 1. The normalized spacial score (nSPS) is 18.7. The van der Waals surface area contributed by atoms with E-state index in [0.29, 0.717) is 26.3 Å². The summed E-state index contributed by atoms with van der Waals surface area (Å²) >= 11 is 0. The molecule has 1 heterocycles. The summed E-state index contributed by atoms with van der Waals surface area (Å²) in [5.74, 6) is -0.257. The second kappa shape index (κ2) is 10.7. The van der Waals surface area contributed by atoms with Gasteiger partial charge in [0.2, 0.25) is 0 Å². The molecule has 0 amide bonds. The third-order valence-electron chi connectivity index (χ3n) is 4.54. The van der Waals surface area contributed by atoms with E-state index in [4.69, 9.17) is 9.47 Å². The van der Waals surface area contributed by atoms with E-state index in [0.717, 1.165) is 17.7 Å². The quantitative estimate of drug-likeness (QED) is 0.779. The van der Waals surface area contributed by atoms with Crippen LogP contribution in [0.5, 0.6) is 0 Å². The molecule has 0 spiro atoms. The SMILES string of the molecule is Cc1ccc(COCC(O)CN2CCOC(c3cccc(F)c3)C2)cc1.Cl. The lowest BCUT2D eigenvalue weighted by molar-refractivity contribution is -0.0537. The molecule has 6 heteroatoms. The molecule has 2 unspecified atom stereocenters. The zero-order chi connectivity index (χ0) is 18.4. The van der Waals surface area contributed by atoms with Gasteiger partial charge in [0, 0.05) is 19.6 Å². The van der Waals surface area contributed by atoms with E-state index < -0.39 is 6.10 Å². The van der Waals surface area contributed by atoms with Crippen molar-refractivity contribution in [3.05, 3.63) is 71.0 Å². The molecule has 2 aromatic carbocycles. The van der Waals surface area contributed by atoms with Crippen LogP contribution in [-0.2, 0) is 16.1 Å². The predicted octanol–water partition coefficient (Wildman–Crippen LogP) is 3.51. The van der Waals surface area contributed by atoms with Crippen LogP contribution in [0.1, 0.15) is 22.8 Å². The lowest BCUT2D eigenvalue weighted by Gasteiger charge is -2.34. The standard InChI is InChI=1S/C21H26FNO3.ClH/c1-16-5-7-17(8-6-16)14-25-15-20(24)12-23-9-10-26-21(13-23)18-3-2-4-19(22)11-18;/h2-8,11,20-21,24H,9-10,12-15H2,1H3;1H. The van der Waals surface area contributed by atoms with E-state index in [1.807, 2.05) is 25.1 Å². The van der Waals surface area contributed by atoms with Crippen molar-refractivity contribution in [3.8, 4) is 0 Å². The Morgan fingerprint density at radius 2 is 2.04 bits per heavy atom. The minimum Gasteiger partial charge on any atom is -0.389 e. The molecular formula is C21H27ClFNO3. The maximum Gasteiger partial charge on any atom is 0.123 e. The van der Waals surface area contributed by atoms with Gasteiger partial charge in [-0.3, -0.25) is 4.90 Å². The number of benzene rings is 2. The Kier molecular flexibility index (Phi) is 8.67. The summed E-state index contributed by atoms with van der Waals surface area (Å²) < 4.78 is 24.8. The fourth-order valence-electron chi connectivity index (χ4n) is 3.12. The Bertz CT molecular complexity index is 698. The van der Waals surface area contributed by atoms with E-state index >= 15 is 0 Å². The van der Waals surface area contributed by atoms with Gasteiger partial charge >= 0.3 is 0 Å². The molecule has 1 aliphatic rings. The fraction of sp³-hybridized carbons (Fsp3) is 0.429. The second-order valence-electron chi connectivity index (χ2n) is 6.83. The molecule has 4 nitrogen and oxygen atoms in total.